The summed E-state index contributed by atoms with van der Waals surface area (Å²) in [4.78, 5) is 11.5. The Balaban J connectivity index is 3.98. The normalized spacial score (nSPS) is 13.6. The summed E-state index contributed by atoms with van der Waals surface area (Å²) in [5.41, 5.74) is -0.505. The minimum Gasteiger partial charge on any atom is -0.444 e. The molecular weight excluding hydrogens is 320 g/mol. The van der Waals surface area contributed by atoms with Gasteiger partial charge in [0.1, 0.15) is 5.60 Å². The number of methoxy groups -OCH3 is 1. The van der Waals surface area contributed by atoms with Crippen LogP contribution in [0.4, 0.5) is 4.79 Å². The van der Waals surface area contributed by atoms with Crippen molar-refractivity contribution in [1.29, 1.82) is 0 Å². The van der Waals surface area contributed by atoms with Crippen LogP contribution in [0.25, 0.3) is 0 Å². The van der Waals surface area contributed by atoms with Crippen molar-refractivity contribution in [3.05, 3.63) is 0 Å². The Bertz CT molecular complexity index is 432. The molecule has 1 amide bonds. The first-order valence-corrected chi connectivity index (χ1v) is 9.81. The van der Waals surface area contributed by atoms with Crippen molar-refractivity contribution in [2.75, 3.05) is 38.3 Å². The third-order valence-corrected chi connectivity index (χ3v) is 4.76. The van der Waals surface area contributed by atoms with E-state index >= 15 is 0 Å². The topological polar surface area (TPSA) is 93.7 Å². The minimum absolute atomic E-state index is 0.0625. The van der Waals surface area contributed by atoms with Crippen LogP contribution in [-0.4, -0.2) is 64.5 Å². The molecule has 1 unspecified atom stereocenters. The number of alkyl carbamates (subject to hydrolysis) is 1. The summed E-state index contributed by atoms with van der Waals surface area (Å²) in [6, 6.07) is 0.0625. The summed E-state index contributed by atoms with van der Waals surface area (Å²) in [6.07, 6.45) is 1.10. The molecule has 0 radical (unpaired) electrons. The maximum atomic E-state index is 11.5. The van der Waals surface area contributed by atoms with E-state index in [1.807, 2.05) is 20.8 Å². The van der Waals surface area contributed by atoms with E-state index in [2.05, 4.69) is 10.6 Å². The average Bonchev–Trinajstić information content (AvgIpc) is 2.41. The summed E-state index contributed by atoms with van der Waals surface area (Å²) in [5, 5.41) is 5.89. The zero-order valence-corrected chi connectivity index (χ0v) is 15.8. The van der Waals surface area contributed by atoms with Crippen molar-refractivity contribution < 1.29 is 22.7 Å². The summed E-state index contributed by atoms with van der Waals surface area (Å²) < 4.78 is 33.2. The largest absolute Gasteiger partial charge is 0.444 e. The van der Waals surface area contributed by atoms with Gasteiger partial charge in [-0.1, -0.05) is 6.92 Å². The fraction of sp³-hybridized carbons (Fsp3) is 0.933. The molecule has 0 aliphatic heterocycles. The fourth-order valence-electron chi connectivity index (χ4n) is 1.86. The van der Waals surface area contributed by atoms with Crippen LogP contribution in [0.2, 0.25) is 0 Å². The Hall–Kier alpha value is -0.860. The van der Waals surface area contributed by atoms with Gasteiger partial charge in [-0.15, -0.1) is 0 Å². The van der Waals surface area contributed by atoms with Gasteiger partial charge in [0.25, 0.3) is 0 Å². The highest BCUT2D eigenvalue weighted by molar-refractivity contribution is 7.91. The van der Waals surface area contributed by atoms with Crippen LogP contribution in [-0.2, 0) is 19.3 Å². The zero-order chi connectivity index (χ0) is 17.9. The van der Waals surface area contributed by atoms with E-state index in [1.165, 1.54) is 0 Å². The Morgan fingerprint density at radius 2 is 1.87 bits per heavy atom. The van der Waals surface area contributed by atoms with Gasteiger partial charge >= 0.3 is 6.09 Å². The lowest BCUT2D eigenvalue weighted by molar-refractivity contribution is 0.0526. The quantitative estimate of drug-likeness (QED) is 0.545. The Morgan fingerprint density at radius 3 is 2.39 bits per heavy atom. The molecule has 0 aromatic rings. The van der Waals surface area contributed by atoms with Gasteiger partial charge in [-0.25, -0.2) is 13.2 Å². The lowest BCUT2D eigenvalue weighted by Crippen LogP contribution is -2.38. The smallest absolute Gasteiger partial charge is 0.407 e. The lowest BCUT2D eigenvalue weighted by Gasteiger charge is -2.20. The van der Waals surface area contributed by atoms with Gasteiger partial charge in [0.05, 0.1) is 12.4 Å². The fourth-order valence-corrected chi connectivity index (χ4v) is 2.58. The molecule has 0 fully saturated rings. The van der Waals surface area contributed by atoms with E-state index < -0.39 is 21.5 Å². The third kappa shape index (κ3) is 13.3. The number of hydrogen-bond acceptors (Lipinski definition) is 6. The van der Waals surface area contributed by atoms with Crippen molar-refractivity contribution in [2.45, 2.75) is 52.2 Å². The molecule has 7 nitrogen and oxygen atoms in total. The van der Waals surface area contributed by atoms with Gasteiger partial charge in [-0.05, 0) is 33.6 Å². The van der Waals surface area contributed by atoms with E-state index in [4.69, 9.17) is 9.47 Å². The Kier molecular flexibility index (Phi) is 10.4. The number of hydrogen-bond donors (Lipinski definition) is 2. The molecule has 1 atom stereocenters. The van der Waals surface area contributed by atoms with Gasteiger partial charge < -0.3 is 20.1 Å². The number of amides is 1. The first-order valence-electron chi connectivity index (χ1n) is 7.99. The van der Waals surface area contributed by atoms with Crippen LogP contribution in [0, 0.1) is 0 Å². The number of rotatable bonds is 11. The van der Waals surface area contributed by atoms with Crippen LogP contribution in [0.1, 0.15) is 40.5 Å². The first kappa shape index (κ1) is 22.1. The molecule has 0 aromatic carbocycles. The maximum Gasteiger partial charge on any atom is 0.407 e. The monoisotopic (exact) mass is 352 g/mol. The second kappa shape index (κ2) is 10.8. The molecule has 0 spiro atoms. The van der Waals surface area contributed by atoms with Gasteiger partial charge in [0, 0.05) is 32.0 Å². The van der Waals surface area contributed by atoms with E-state index in [1.54, 1.807) is 14.0 Å². The highest BCUT2D eigenvalue weighted by Gasteiger charge is 2.16. The third-order valence-electron chi connectivity index (χ3n) is 3.05. The molecule has 0 aliphatic rings. The van der Waals surface area contributed by atoms with Crippen LogP contribution in [0.5, 0.6) is 0 Å². The lowest BCUT2D eigenvalue weighted by atomic mass is 10.1. The molecule has 0 bridgehead atoms. The van der Waals surface area contributed by atoms with Crippen molar-refractivity contribution in [3.63, 3.8) is 0 Å². The van der Waals surface area contributed by atoms with Crippen molar-refractivity contribution in [2.24, 2.45) is 0 Å². The predicted molar refractivity (Wildman–Crippen MR) is 91.5 cm³/mol. The molecule has 2 N–H and O–H groups in total. The highest BCUT2D eigenvalue weighted by atomic mass is 32.2. The van der Waals surface area contributed by atoms with Crippen molar-refractivity contribution in [1.82, 2.24) is 10.6 Å². The van der Waals surface area contributed by atoms with Crippen LogP contribution < -0.4 is 10.6 Å². The number of carbonyl (C=O) groups is 1. The van der Waals surface area contributed by atoms with Gasteiger partial charge in [-0.3, -0.25) is 0 Å². The van der Waals surface area contributed by atoms with E-state index in [-0.39, 0.29) is 17.5 Å². The second-order valence-electron chi connectivity index (χ2n) is 6.41. The summed E-state index contributed by atoms with van der Waals surface area (Å²) in [7, 11) is -1.35. The predicted octanol–water partition coefficient (Wildman–Crippen LogP) is 1.33. The summed E-state index contributed by atoms with van der Waals surface area (Å²) in [6.45, 7) is 8.50. The molecular formula is C15H32N2O5S. The molecule has 0 saturated carbocycles. The standard InChI is InChI=1S/C15H32N2O5S/c1-6-23(19,20)11-10-16-13(12-21-5)8-7-9-17-14(18)22-15(2,3)4/h13,16H,6-12H2,1-5H3,(H,17,18). The first-order chi connectivity index (χ1) is 10.6. The molecule has 8 heteroatoms. The molecule has 0 aromatic heterocycles. The SMILES string of the molecule is CCS(=O)(=O)CCNC(CCCNC(=O)OC(C)(C)C)COC. The Morgan fingerprint density at radius 1 is 1.22 bits per heavy atom. The molecule has 0 saturated heterocycles. The summed E-state index contributed by atoms with van der Waals surface area (Å²) in [5.74, 6) is 0.281. The van der Waals surface area contributed by atoms with Gasteiger partial charge in [0.15, 0.2) is 9.84 Å². The molecule has 0 rings (SSSR count). The van der Waals surface area contributed by atoms with Crippen molar-refractivity contribution >= 4 is 15.9 Å². The van der Waals surface area contributed by atoms with E-state index in [0.29, 0.717) is 19.7 Å². The molecule has 0 heterocycles. The van der Waals surface area contributed by atoms with Gasteiger partial charge in [-0.2, -0.15) is 0 Å². The number of nitrogens with one attached hydrogen (secondary N) is 2. The minimum atomic E-state index is -2.96. The number of ether oxygens (including phenoxy) is 2. The van der Waals surface area contributed by atoms with E-state index in [0.717, 1.165) is 12.8 Å². The maximum absolute atomic E-state index is 11.5. The highest BCUT2D eigenvalue weighted by Crippen LogP contribution is 2.06. The van der Waals surface area contributed by atoms with Crippen molar-refractivity contribution in [3.8, 4) is 0 Å². The second-order valence-corrected chi connectivity index (χ2v) is 8.89. The number of sulfone groups is 1. The summed E-state index contributed by atoms with van der Waals surface area (Å²) >= 11 is 0. The molecule has 0 aliphatic carbocycles. The van der Waals surface area contributed by atoms with Crippen LogP contribution in [0.3, 0.4) is 0 Å². The van der Waals surface area contributed by atoms with Gasteiger partial charge in [0.2, 0.25) is 0 Å². The van der Waals surface area contributed by atoms with Crippen LogP contribution in [0.15, 0.2) is 0 Å². The van der Waals surface area contributed by atoms with Crippen LogP contribution >= 0.6 is 0 Å². The molecule has 23 heavy (non-hydrogen) atoms. The average molecular weight is 352 g/mol. The number of carbonyl (C=O) groups excluding carboxylic acids is 1. The Labute approximate surface area is 140 Å². The zero-order valence-electron chi connectivity index (χ0n) is 15.0. The molecule has 138 valence electrons. The van der Waals surface area contributed by atoms with E-state index in [9.17, 15) is 13.2 Å².